The van der Waals surface area contributed by atoms with E-state index in [1.807, 2.05) is 6.07 Å². The number of halogens is 3. The number of nitrogens with one attached hydrogen (secondary N) is 1. The van der Waals surface area contributed by atoms with Crippen LogP contribution < -0.4 is 5.32 Å². The van der Waals surface area contributed by atoms with Gasteiger partial charge in [0.1, 0.15) is 0 Å². The molecule has 1 aromatic carbocycles. The topological polar surface area (TPSA) is 56.1 Å². The minimum atomic E-state index is -4.22. The summed E-state index contributed by atoms with van der Waals surface area (Å²) < 4.78 is 36.3. The Morgan fingerprint density at radius 3 is 2.48 bits per heavy atom. The highest BCUT2D eigenvalue weighted by Crippen LogP contribution is 2.15. The third-order valence-electron chi connectivity index (χ3n) is 2.69. The number of nitriles is 1. The Balaban J connectivity index is 2.29. The Morgan fingerprint density at radius 1 is 1.33 bits per heavy atom. The van der Waals surface area contributed by atoms with E-state index in [1.165, 1.54) is 7.05 Å². The molecule has 0 saturated carbocycles. The van der Waals surface area contributed by atoms with Crippen LogP contribution in [0, 0.1) is 11.3 Å². The van der Waals surface area contributed by atoms with Crippen LogP contribution in [0.4, 0.5) is 18.9 Å². The molecule has 4 nitrogen and oxygen atoms in total. The van der Waals surface area contributed by atoms with E-state index < -0.39 is 12.7 Å². The molecule has 0 saturated heterocycles. The Bertz CT molecular complexity index is 506. The summed E-state index contributed by atoms with van der Waals surface area (Å²) in [6, 6.07) is 8.32. The number of amides is 1. The first kappa shape index (κ1) is 17.0. The van der Waals surface area contributed by atoms with E-state index in [0.29, 0.717) is 17.7 Å². The number of carbonyl (C=O) groups excluding carboxylic acids is 1. The molecule has 0 aliphatic rings. The number of hydrogen-bond acceptors (Lipinski definition) is 3. The van der Waals surface area contributed by atoms with E-state index in [-0.39, 0.29) is 18.9 Å². The molecule has 0 spiro atoms. The number of nitrogens with zero attached hydrogens (tertiary/aromatic N) is 2. The van der Waals surface area contributed by atoms with Crippen LogP contribution >= 0.6 is 0 Å². The van der Waals surface area contributed by atoms with Crippen molar-refractivity contribution in [3.05, 3.63) is 29.8 Å². The Hall–Kier alpha value is -2.07. The molecule has 114 valence electrons. The Labute approximate surface area is 121 Å². The maximum Gasteiger partial charge on any atom is 0.401 e. The van der Waals surface area contributed by atoms with Gasteiger partial charge in [0, 0.05) is 12.1 Å². The first-order valence-corrected chi connectivity index (χ1v) is 6.35. The zero-order chi connectivity index (χ0) is 15.9. The fourth-order valence-corrected chi connectivity index (χ4v) is 1.75. The third kappa shape index (κ3) is 7.32. The van der Waals surface area contributed by atoms with Crippen LogP contribution in [0.1, 0.15) is 18.4 Å². The van der Waals surface area contributed by atoms with Crippen LogP contribution in [0.25, 0.3) is 0 Å². The Morgan fingerprint density at radius 2 is 1.95 bits per heavy atom. The molecule has 21 heavy (non-hydrogen) atoms. The highest BCUT2D eigenvalue weighted by molar-refractivity contribution is 5.90. The van der Waals surface area contributed by atoms with Gasteiger partial charge in [-0.3, -0.25) is 9.69 Å². The van der Waals surface area contributed by atoms with Gasteiger partial charge in [0.15, 0.2) is 0 Å². The zero-order valence-corrected chi connectivity index (χ0v) is 11.6. The number of alkyl halides is 3. The van der Waals surface area contributed by atoms with Gasteiger partial charge in [-0.05, 0) is 44.3 Å². The molecule has 1 rings (SSSR count). The molecule has 7 heteroatoms. The summed E-state index contributed by atoms with van der Waals surface area (Å²) >= 11 is 0. The predicted molar refractivity (Wildman–Crippen MR) is 72.6 cm³/mol. The van der Waals surface area contributed by atoms with E-state index in [9.17, 15) is 18.0 Å². The van der Waals surface area contributed by atoms with Crippen LogP contribution in [-0.4, -0.2) is 37.1 Å². The van der Waals surface area contributed by atoms with Crippen LogP contribution in [0.15, 0.2) is 24.3 Å². The van der Waals surface area contributed by atoms with Crippen molar-refractivity contribution in [1.29, 1.82) is 5.26 Å². The van der Waals surface area contributed by atoms with E-state index in [2.05, 4.69) is 5.32 Å². The normalized spacial score (nSPS) is 11.2. The number of benzene rings is 1. The summed E-state index contributed by atoms with van der Waals surface area (Å²) in [4.78, 5) is 12.8. The first-order valence-electron chi connectivity index (χ1n) is 6.35. The minimum Gasteiger partial charge on any atom is -0.326 e. The molecule has 0 radical (unpaired) electrons. The van der Waals surface area contributed by atoms with Gasteiger partial charge in [-0.2, -0.15) is 18.4 Å². The second kappa shape index (κ2) is 7.64. The van der Waals surface area contributed by atoms with Crippen molar-refractivity contribution in [3.8, 4) is 6.07 Å². The highest BCUT2D eigenvalue weighted by Gasteiger charge is 2.28. The molecule has 0 unspecified atom stereocenters. The van der Waals surface area contributed by atoms with Gasteiger partial charge in [-0.25, -0.2) is 0 Å². The molecule has 0 atom stereocenters. The molecule has 0 aromatic heterocycles. The van der Waals surface area contributed by atoms with Gasteiger partial charge in [-0.1, -0.05) is 0 Å². The fourth-order valence-electron chi connectivity index (χ4n) is 1.75. The summed E-state index contributed by atoms with van der Waals surface area (Å²) in [5, 5.41) is 11.3. The zero-order valence-electron chi connectivity index (χ0n) is 11.6. The number of anilines is 1. The van der Waals surface area contributed by atoms with Gasteiger partial charge < -0.3 is 5.32 Å². The van der Waals surface area contributed by atoms with Crippen molar-refractivity contribution in [2.45, 2.75) is 19.0 Å². The van der Waals surface area contributed by atoms with Gasteiger partial charge in [0.05, 0.1) is 18.2 Å². The number of hydrogen-bond donors (Lipinski definition) is 1. The quantitative estimate of drug-likeness (QED) is 0.878. The lowest BCUT2D eigenvalue weighted by atomic mass is 10.2. The summed E-state index contributed by atoms with van der Waals surface area (Å²) in [5.41, 5.74) is 1.05. The highest BCUT2D eigenvalue weighted by atomic mass is 19.4. The number of rotatable bonds is 6. The summed E-state index contributed by atoms with van der Waals surface area (Å²) in [5.74, 6) is -0.264. The van der Waals surface area contributed by atoms with Crippen molar-refractivity contribution in [2.24, 2.45) is 0 Å². The first-order chi connectivity index (χ1) is 9.80. The molecule has 0 aliphatic heterocycles. The lowest BCUT2D eigenvalue weighted by molar-refractivity contribution is -0.143. The van der Waals surface area contributed by atoms with Crippen LogP contribution in [0.5, 0.6) is 0 Å². The van der Waals surface area contributed by atoms with E-state index in [0.717, 1.165) is 4.90 Å². The van der Waals surface area contributed by atoms with E-state index in [4.69, 9.17) is 5.26 Å². The average molecular weight is 299 g/mol. The molecule has 1 aromatic rings. The maximum absolute atomic E-state index is 12.1. The molecule has 1 amide bonds. The van der Waals surface area contributed by atoms with Crippen molar-refractivity contribution in [2.75, 3.05) is 25.5 Å². The van der Waals surface area contributed by atoms with Crippen molar-refractivity contribution in [3.63, 3.8) is 0 Å². The molecule has 1 N–H and O–H groups in total. The largest absolute Gasteiger partial charge is 0.401 e. The van der Waals surface area contributed by atoms with Gasteiger partial charge in [0.2, 0.25) is 5.91 Å². The summed E-state index contributed by atoms with van der Waals surface area (Å²) in [7, 11) is 1.37. The van der Waals surface area contributed by atoms with Gasteiger partial charge in [0.25, 0.3) is 0 Å². The van der Waals surface area contributed by atoms with Crippen LogP contribution in [-0.2, 0) is 4.79 Å². The molecule has 0 aliphatic carbocycles. The molecule has 0 heterocycles. The second-order valence-electron chi connectivity index (χ2n) is 4.69. The molecular weight excluding hydrogens is 283 g/mol. The van der Waals surface area contributed by atoms with Gasteiger partial charge in [-0.15, -0.1) is 0 Å². The maximum atomic E-state index is 12.1. The molecule has 0 bridgehead atoms. The lowest BCUT2D eigenvalue weighted by Gasteiger charge is -2.18. The summed E-state index contributed by atoms with van der Waals surface area (Å²) in [6.07, 6.45) is -3.74. The van der Waals surface area contributed by atoms with Gasteiger partial charge >= 0.3 is 6.18 Å². The predicted octanol–water partition coefficient (Wildman–Crippen LogP) is 2.77. The smallest absolute Gasteiger partial charge is 0.326 e. The van der Waals surface area contributed by atoms with Crippen LogP contribution in [0.2, 0.25) is 0 Å². The minimum absolute atomic E-state index is 0.141. The monoisotopic (exact) mass is 299 g/mol. The fraction of sp³-hybridized carbons (Fsp3) is 0.429. The molecule has 0 fully saturated rings. The third-order valence-corrected chi connectivity index (χ3v) is 2.69. The second-order valence-corrected chi connectivity index (χ2v) is 4.69. The average Bonchev–Trinajstić information content (AvgIpc) is 2.37. The van der Waals surface area contributed by atoms with Crippen molar-refractivity contribution < 1.29 is 18.0 Å². The van der Waals surface area contributed by atoms with Crippen molar-refractivity contribution >= 4 is 11.6 Å². The van der Waals surface area contributed by atoms with Crippen LogP contribution in [0.3, 0.4) is 0 Å². The summed E-state index contributed by atoms with van der Waals surface area (Å²) in [6.45, 7) is -0.787. The van der Waals surface area contributed by atoms with E-state index >= 15 is 0 Å². The Kier molecular flexibility index (Phi) is 6.18. The van der Waals surface area contributed by atoms with Crippen molar-refractivity contribution in [1.82, 2.24) is 4.90 Å². The molecular formula is C14H16F3N3O. The SMILES string of the molecule is CN(CCCC(=O)Nc1ccc(C#N)cc1)CC(F)(F)F. The number of carbonyl (C=O) groups is 1. The lowest BCUT2D eigenvalue weighted by Crippen LogP contribution is -2.32. The standard InChI is InChI=1S/C14H16F3N3O/c1-20(10-14(15,16)17)8-2-3-13(21)19-12-6-4-11(9-18)5-7-12/h4-7H,2-3,8,10H2,1H3,(H,19,21). The van der Waals surface area contributed by atoms with E-state index in [1.54, 1.807) is 24.3 Å².